The van der Waals surface area contributed by atoms with Gasteiger partial charge in [0.25, 0.3) is 0 Å². The number of para-hydroxylation sites is 1. The van der Waals surface area contributed by atoms with Gasteiger partial charge in [-0.25, -0.2) is 14.0 Å². The zero-order valence-corrected chi connectivity index (χ0v) is 16.8. The monoisotopic (exact) mass is 459 g/mol. The number of hydrogen-bond donors (Lipinski definition) is 1. The Bertz CT molecular complexity index is 1230. The van der Waals surface area contributed by atoms with Gasteiger partial charge in [0.05, 0.1) is 27.9 Å². The first-order valence-corrected chi connectivity index (χ1v) is 9.57. The Kier molecular flexibility index (Phi) is 4.87. The molecule has 148 valence electrons. The molecule has 4 rings (SSSR count). The van der Waals surface area contributed by atoms with Gasteiger partial charge < -0.3 is 19.6 Å². The van der Waals surface area contributed by atoms with Gasteiger partial charge in [0.1, 0.15) is 17.0 Å². The first-order chi connectivity index (χ1) is 13.9. The van der Waals surface area contributed by atoms with Crippen molar-refractivity contribution in [1.82, 2.24) is 0 Å². The number of ether oxygens (including phenoxy) is 2. The van der Waals surface area contributed by atoms with E-state index in [1.807, 2.05) is 0 Å². The Morgan fingerprint density at radius 1 is 1.28 bits per heavy atom. The zero-order valence-electron chi connectivity index (χ0n) is 15.2. The molecule has 6 nitrogen and oxygen atoms in total. The normalized spacial score (nSPS) is 15.8. The van der Waals surface area contributed by atoms with Crippen LogP contribution in [-0.2, 0) is 9.53 Å². The van der Waals surface area contributed by atoms with E-state index < -0.39 is 23.3 Å². The lowest BCUT2D eigenvalue weighted by Gasteiger charge is -2.28. The minimum atomic E-state index is -0.949. The van der Waals surface area contributed by atoms with Crippen molar-refractivity contribution in [3.8, 4) is 5.75 Å². The molecule has 0 spiro atoms. The summed E-state index contributed by atoms with van der Waals surface area (Å²) in [6.45, 7) is 1.76. The largest absolute Gasteiger partial charge is 0.462 e. The summed E-state index contributed by atoms with van der Waals surface area (Å²) in [6.07, 6.45) is 0. The summed E-state index contributed by atoms with van der Waals surface area (Å²) in [6, 6.07) is 11.0. The standard InChI is InChI=1S/C21H15BrFNO5/c1-2-27-20(25)17-15(10-7-8-13(23)12(22)9-10)16-18(29-19(17)24)11-5-3-4-6-14(11)28-21(16)26/h3-9,15H,2,24H2,1H3. The number of carbonyl (C=O) groups is 1. The number of esters is 1. The van der Waals surface area contributed by atoms with Gasteiger partial charge in [0.15, 0.2) is 5.75 Å². The van der Waals surface area contributed by atoms with Crippen molar-refractivity contribution in [2.24, 2.45) is 5.73 Å². The maximum Gasteiger partial charge on any atom is 0.344 e. The average molecular weight is 460 g/mol. The summed E-state index contributed by atoms with van der Waals surface area (Å²) < 4.78 is 30.3. The number of nitrogens with two attached hydrogens (primary N) is 1. The van der Waals surface area contributed by atoms with E-state index in [0.717, 1.165) is 0 Å². The molecule has 0 aliphatic carbocycles. The third-order valence-electron chi connectivity index (χ3n) is 4.63. The lowest BCUT2D eigenvalue weighted by molar-refractivity contribution is -0.139. The fourth-order valence-electron chi connectivity index (χ4n) is 3.40. The number of fused-ring (bicyclic) bond motifs is 3. The van der Waals surface area contributed by atoms with Crippen molar-refractivity contribution in [3.63, 3.8) is 0 Å². The Morgan fingerprint density at radius 3 is 2.76 bits per heavy atom. The van der Waals surface area contributed by atoms with E-state index in [-0.39, 0.29) is 33.8 Å². The van der Waals surface area contributed by atoms with Crippen LogP contribution in [0.3, 0.4) is 0 Å². The predicted octanol–water partition coefficient (Wildman–Crippen LogP) is 3.95. The Hall–Kier alpha value is -3.13. The zero-order chi connectivity index (χ0) is 20.7. The summed E-state index contributed by atoms with van der Waals surface area (Å²) in [5, 5.41) is 0.527. The second kappa shape index (κ2) is 7.36. The van der Waals surface area contributed by atoms with Gasteiger partial charge in [-0.05, 0) is 52.7 Å². The van der Waals surface area contributed by atoms with Crippen LogP contribution in [-0.4, -0.2) is 12.6 Å². The van der Waals surface area contributed by atoms with Crippen molar-refractivity contribution in [3.05, 3.63) is 85.8 Å². The Labute approximate surface area is 172 Å². The van der Waals surface area contributed by atoms with E-state index in [4.69, 9.17) is 19.6 Å². The third kappa shape index (κ3) is 3.19. The molecule has 0 amide bonds. The molecule has 2 N–H and O–H groups in total. The quantitative estimate of drug-likeness (QED) is 0.470. The maximum atomic E-state index is 13.8. The molecule has 1 aliphatic heterocycles. The van der Waals surface area contributed by atoms with Gasteiger partial charge in [-0.2, -0.15) is 0 Å². The topological polar surface area (TPSA) is 91.8 Å². The van der Waals surface area contributed by atoms with E-state index >= 15 is 0 Å². The number of carbonyl (C=O) groups excluding carboxylic acids is 1. The van der Waals surface area contributed by atoms with Crippen LogP contribution in [0.4, 0.5) is 4.39 Å². The lowest BCUT2D eigenvalue weighted by Crippen LogP contribution is -2.31. The first kappa shape index (κ1) is 19.2. The van der Waals surface area contributed by atoms with Crippen LogP contribution in [0.1, 0.15) is 24.0 Å². The van der Waals surface area contributed by atoms with Crippen LogP contribution in [0.15, 0.2) is 67.6 Å². The minimum absolute atomic E-state index is 0.0413. The fraction of sp³-hybridized carbons (Fsp3) is 0.143. The number of halogens is 2. The summed E-state index contributed by atoms with van der Waals surface area (Å²) in [7, 11) is 0. The van der Waals surface area contributed by atoms with Crippen LogP contribution in [0.25, 0.3) is 11.0 Å². The van der Waals surface area contributed by atoms with Crippen molar-refractivity contribution in [1.29, 1.82) is 0 Å². The summed E-state index contributed by atoms with van der Waals surface area (Å²) in [5.41, 5.74) is 6.25. The molecule has 0 bridgehead atoms. The van der Waals surface area contributed by atoms with Gasteiger partial charge in [0, 0.05) is 0 Å². The number of hydrogen-bond acceptors (Lipinski definition) is 6. The molecule has 1 unspecified atom stereocenters. The van der Waals surface area contributed by atoms with Crippen LogP contribution in [0, 0.1) is 5.82 Å². The molecule has 0 radical (unpaired) electrons. The SMILES string of the molecule is CCOC(=O)C1=C(N)Oc2c(c(=O)oc3ccccc23)C1c1ccc(F)c(Br)c1. The molecule has 2 aromatic carbocycles. The highest BCUT2D eigenvalue weighted by Crippen LogP contribution is 2.44. The van der Waals surface area contributed by atoms with E-state index in [2.05, 4.69) is 15.9 Å². The molecule has 0 saturated heterocycles. The predicted molar refractivity (Wildman–Crippen MR) is 107 cm³/mol. The highest BCUT2D eigenvalue weighted by Gasteiger charge is 2.39. The average Bonchev–Trinajstić information content (AvgIpc) is 2.69. The molecule has 3 aromatic rings. The highest BCUT2D eigenvalue weighted by atomic mass is 79.9. The van der Waals surface area contributed by atoms with Crippen molar-refractivity contribution in [2.45, 2.75) is 12.8 Å². The summed E-state index contributed by atoms with van der Waals surface area (Å²) >= 11 is 3.14. The Morgan fingerprint density at radius 2 is 2.03 bits per heavy atom. The second-order valence-corrected chi connectivity index (χ2v) is 7.19. The molecule has 29 heavy (non-hydrogen) atoms. The highest BCUT2D eigenvalue weighted by molar-refractivity contribution is 9.10. The molecule has 0 saturated carbocycles. The van der Waals surface area contributed by atoms with Gasteiger partial charge in [-0.15, -0.1) is 0 Å². The van der Waals surface area contributed by atoms with Crippen LogP contribution in [0.2, 0.25) is 0 Å². The Balaban J connectivity index is 2.05. The van der Waals surface area contributed by atoms with Gasteiger partial charge in [0.2, 0.25) is 5.88 Å². The molecular formula is C21H15BrFNO5. The number of benzene rings is 2. The smallest absolute Gasteiger partial charge is 0.344 e. The lowest BCUT2D eigenvalue weighted by atomic mass is 9.83. The molecular weight excluding hydrogens is 445 g/mol. The second-order valence-electron chi connectivity index (χ2n) is 6.34. The molecule has 0 fully saturated rings. The first-order valence-electron chi connectivity index (χ1n) is 8.77. The summed E-state index contributed by atoms with van der Waals surface area (Å²) in [5.74, 6) is -2.14. The minimum Gasteiger partial charge on any atom is -0.462 e. The van der Waals surface area contributed by atoms with Crippen molar-refractivity contribution >= 4 is 32.9 Å². The fourth-order valence-corrected chi connectivity index (χ4v) is 3.80. The number of rotatable bonds is 3. The molecule has 1 aliphatic rings. The van der Waals surface area contributed by atoms with Crippen LogP contribution < -0.4 is 16.1 Å². The van der Waals surface area contributed by atoms with Crippen molar-refractivity contribution < 1.29 is 23.1 Å². The van der Waals surface area contributed by atoms with Gasteiger partial charge in [-0.3, -0.25) is 0 Å². The molecule has 8 heteroatoms. The molecule has 1 atom stereocenters. The van der Waals surface area contributed by atoms with E-state index in [9.17, 15) is 14.0 Å². The maximum absolute atomic E-state index is 13.8. The van der Waals surface area contributed by atoms with E-state index in [1.165, 1.54) is 18.2 Å². The van der Waals surface area contributed by atoms with Gasteiger partial charge >= 0.3 is 11.6 Å². The molecule has 2 heterocycles. The van der Waals surface area contributed by atoms with E-state index in [1.54, 1.807) is 31.2 Å². The van der Waals surface area contributed by atoms with E-state index in [0.29, 0.717) is 16.5 Å². The van der Waals surface area contributed by atoms with Crippen LogP contribution in [0.5, 0.6) is 5.75 Å². The summed E-state index contributed by atoms with van der Waals surface area (Å²) in [4.78, 5) is 25.6. The van der Waals surface area contributed by atoms with Crippen molar-refractivity contribution in [2.75, 3.05) is 6.61 Å². The van der Waals surface area contributed by atoms with Crippen LogP contribution >= 0.6 is 15.9 Å². The van der Waals surface area contributed by atoms with Gasteiger partial charge in [-0.1, -0.05) is 18.2 Å². The third-order valence-corrected chi connectivity index (χ3v) is 5.23. The molecule has 1 aromatic heterocycles.